The lowest BCUT2D eigenvalue weighted by molar-refractivity contribution is 0.299. The van der Waals surface area contributed by atoms with Gasteiger partial charge in [-0.3, -0.25) is 9.36 Å². The summed E-state index contributed by atoms with van der Waals surface area (Å²) in [4.78, 5) is 18.8. The first-order chi connectivity index (χ1) is 15.1. The van der Waals surface area contributed by atoms with Crippen LogP contribution in [0, 0.1) is 6.92 Å². The summed E-state index contributed by atoms with van der Waals surface area (Å²) in [5, 5.41) is 2.66. The molecule has 0 spiro atoms. The third-order valence-electron chi connectivity index (χ3n) is 5.14. The third-order valence-corrected chi connectivity index (χ3v) is 6.01. The summed E-state index contributed by atoms with van der Waals surface area (Å²) in [6.07, 6.45) is 0.696. The number of benzene rings is 2. The van der Waals surface area contributed by atoms with Crippen molar-refractivity contribution in [3.8, 4) is 28.4 Å². The highest BCUT2D eigenvalue weighted by Crippen LogP contribution is 2.32. The third kappa shape index (κ3) is 4.41. The van der Waals surface area contributed by atoms with E-state index in [0.717, 1.165) is 33.2 Å². The Balaban J connectivity index is 1.52. The summed E-state index contributed by atoms with van der Waals surface area (Å²) in [6.45, 7) is 2.92. The Morgan fingerprint density at radius 3 is 2.19 bits per heavy atom. The average Bonchev–Trinajstić information content (AvgIpc) is 3.22. The number of fused-ring (bicyclic) bond motifs is 1. The van der Waals surface area contributed by atoms with Gasteiger partial charge in [-0.05, 0) is 55.3 Å². The molecule has 0 N–H and O–H groups in total. The van der Waals surface area contributed by atoms with E-state index in [2.05, 4.69) is 4.98 Å². The molecular formula is C24H24N2O4S. The molecule has 0 saturated heterocycles. The van der Waals surface area contributed by atoms with Crippen molar-refractivity contribution in [2.45, 2.75) is 19.9 Å². The molecule has 31 heavy (non-hydrogen) atoms. The van der Waals surface area contributed by atoms with Gasteiger partial charge in [-0.1, -0.05) is 12.1 Å². The van der Waals surface area contributed by atoms with Crippen LogP contribution in [0.5, 0.6) is 17.2 Å². The van der Waals surface area contributed by atoms with Crippen LogP contribution in [0.2, 0.25) is 0 Å². The molecule has 6 nitrogen and oxygen atoms in total. The van der Waals surface area contributed by atoms with Crippen LogP contribution in [0.4, 0.5) is 0 Å². The van der Waals surface area contributed by atoms with Crippen LogP contribution in [-0.2, 0) is 6.54 Å². The van der Waals surface area contributed by atoms with Gasteiger partial charge in [0.1, 0.15) is 27.9 Å². The number of rotatable bonds is 8. The highest BCUT2D eigenvalue weighted by molar-refractivity contribution is 7.17. The molecular weight excluding hydrogens is 412 g/mol. The van der Waals surface area contributed by atoms with Crippen LogP contribution in [0.3, 0.4) is 0 Å². The van der Waals surface area contributed by atoms with Crippen molar-refractivity contribution in [2.75, 3.05) is 20.8 Å². The van der Waals surface area contributed by atoms with E-state index in [1.54, 1.807) is 18.8 Å². The smallest absolute Gasteiger partial charge is 0.262 e. The Bertz CT molecular complexity index is 1230. The van der Waals surface area contributed by atoms with Crippen LogP contribution >= 0.6 is 11.3 Å². The summed E-state index contributed by atoms with van der Waals surface area (Å²) in [5.74, 6) is 3.06. The van der Waals surface area contributed by atoms with Gasteiger partial charge in [0, 0.05) is 17.5 Å². The second kappa shape index (κ2) is 9.22. The number of nitrogens with zero attached hydrogens (tertiary/aromatic N) is 2. The number of hydrogen-bond donors (Lipinski definition) is 0. The Kier molecular flexibility index (Phi) is 6.23. The van der Waals surface area contributed by atoms with Crippen molar-refractivity contribution in [3.05, 3.63) is 70.1 Å². The van der Waals surface area contributed by atoms with Crippen molar-refractivity contribution in [1.29, 1.82) is 0 Å². The number of methoxy groups -OCH3 is 2. The van der Waals surface area contributed by atoms with Crippen molar-refractivity contribution in [1.82, 2.24) is 9.55 Å². The zero-order valence-electron chi connectivity index (χ0n) is 17.8. The molecule has 2 aromatic carbocycles. The molecule has 0 saturated carbocycles. The molecule has 2 heterocycles. The molecule has 0 unspecified atom stereocenters. The lowest BCUT2D eigenvalue weighted by Crippen LogP contribution is -2.24. The van der Waals surface area contributed by atoms with Crippen LogP contribution < -0.4 is 19.8 Å². The van der Waals surface area contributed by atoms with E-state index in [4.69, 9.17) is 14.2 Å². The van der Waals surface area contributed by atoms with Crippen molar-refractivity contribution >= 4 is 21.6 Å². The molecule has 0 atom stereocenters. The fourth-order valence-electron chi connectivity index (χ4n) is 3.46. The summed E-state index contributed by atoms with van der Waals surface area (Å²) in [6, 6.07) is 15.2. The fraction of sp³-hybridized carbons (Fsp3) is 0.250. The quantitative estimate of drug-likeness (QED) is 0.367. The van der Waals surface area contributed by atoms with E-state index in [1.165, 1.54) is 11.3 Å². The van der Waals surface area contributed by atoms with Crippen molar-refractivity contribution in [2.24, 2.45) is 0 Å². The Morgan fingerprint density at radius 1 is 0.935 bits per heavy atom. The maximum Gasteiger partial charge on any atom is 0.262 e. The van der Waals surface area contributed by atoms with Crippen LogP contribution in [0.25, 0.3) is 21.3 Å². The molecule has 0 aliphatic rings. The predicted molar refractivity (Wildman–Crippen MR) is 124 cm³/mol. The first kappa shape index (κ1) is 20.9. The highest BCUT2D eigenvalue weighted by atomic mass is 32.1. The van der Waals surface area contributed by atoms with Gasteiger partial charge < -0.3 is 14.2 Å². The monoisotopic (exact) mass is 436 g/mol. The molecule has 2 aromatic heterocycles. The van der Waals surface area contributed by atoms with Gasteiger partial charge in [0.2, 0.25) is 0 Å². The molecule has 160 valence electrons. The second-order valence-corrected chi connectivity index (χ2v) is 7.91. The number of hydrogen-bond acceptors (Lipinski definition) is 6. The van der Waals surface area contributed by atoms with Gasteiger partial charge in [-0.25, -0.2) is 4.98 Å². The first-order valence-corrected chi connectivity index (χ1v) is 10.9. The normalized spacial score (nSPS) is 10.9. The van der Waals surface area contributed by atoms with E-state index in [-0.39, 0.29) is 5.56 Å². The molecule has 4 rings (SSSR count). The van der Waals surface area contributed by atoms with Gasteiger partial charge in [0.15, 0.2) is 0 Å². The summed E-state index contributed by atoms with van der Waals surface area (Å²) in [7, 11) is 3.27. The minimum atomic E-state index is -0.0148. The Labute approximate surface area is 184 Å². The zero-order valence-corrected chi connectivity index (χ0v) is 18.6. The lowest BCUT2D eigenvalue weighted by Gasteiger charge is -2.11. The van der Waals surface area contributed by atoms with E-state index >= 15 is 0 Å². The molecule has 4 aromatic rings. The summed E-state index contributed by atoms with van der Waals surface area (Å²) < 4.78 is 17.9. The van der Waals surface area contributed by atoms with E-state index < -0.39 is 0 Å². The minimum Gasteiger partial charge on any atom is -0.497 e. The summed E-state index contributed by atoms with van der Waals surface area (Å²) >= 11 is 1.49. The summed E-state index contributed by atoms with van der Waals surface area (Å²) in [5.41, 5.74) is 1.87. The second-order valence-electron chi connectivity index (χ2n) is 7.05. The first-order valence-electron chi connectivity index (χ1n) is 10.0. The number of thiophene rings is 1. The van der Waals surface area contributed by atoms with Gasteiger partial charge in [0.25, 0.3) is 5.56 Å². The SMILES string of the molecule is COc1ccc(OCCCn2c(C)nc3scc(-c4ccc(OC)cc4)c3c2=O)cc1. The van der Waals surface area contributed by atoms with E-state index in [0.29, 0.717) is 30.8 Å². The standard InChI is InChI=1S/C24H24N2O4S/c1-16-25-23-22(21(15-31-23)17-5-7-18(28-2)8-6-17)24(27)26(16)13-4-14-30-20-11-9-19(29-3)10-12-20/h5-12,15H,4,13-14H2,1-3H3. The molecule has 0 aliphatic carbocycles. The maximum absolute atomic E-state index is 13.3. The van der Waals surface area contributed by atoms with E-state index in [1.807, 2.05) is 60.8 Å². The van der Waals surface area contributed by atoms with Gasteiger partial charge in [-0.2, -0.15) is 0 Å². The molecule has 0 bridgehead atoms. The Morgan fingerprint density at radius 2 is 1.55 bits per heavy atom. The fourth-order valence-corrected chi connectivity index (χ4v) is 4.44. The molecule has 0 radical (unpaired) electrons. The average molecular weight is 437 g/mol. The van der Waals surface area contributed by atoms with Crippen molar-refractivity contribution < 1.29 is 14.2 Å². The topological polar surface area (TPSA) is 62.6 Å². The minimum absolute atomic E-state index is 0.0148. The van der Waals surface area contributed by atoms with Crippen LogP contribution in [0.15, 0.2) is 58.7 Å². The van der Waals surface area contributed by atoms with Crippen LogP contribution in [0.1, 0.15) is 12.2 Å². The maximum atomic E-state index is 13.3. The largest absolute Gasteiger partial charge is 0.497 e. The molecule has 7 heteroatoms. The number of aromatic nitrogens is 2. The Hall–Kier alpha value is -3.32. The van der Waals surface area contributed by atoms with Crippen molar-refractivity contribution in [3.63, 3.8) is 0 Å². The number of aryl methyl sites for hydroxylation is 1. The molecule has 0 fully saturated rings. The molecule has 0 amide bonds. The van der Waals surface area contributed by atoms with Gasteiger partial charge in [0.05, 0.1) is 26.2 Å². The van der Waals surface area contributed by atoms with Gasteiger partial charge >= 0.3 is 0 Å². The van der Waals surface area contributed by atoms with Crippen LogP contribution in [-0.4, -0.2) is 30.4 Å². The van der Waals surface area contributed by atoms with Gasteiger partial charge in [-0.15, -0.1) is 11.3 Å². The van der Waals surface area contributed by atoms with E-state index in [9.17, 15) is 4.79 Å². The molecule has 0 aliphatic heterocycles. The predicted octanol–water partition coefficient (Wildman–Crippen LogP) is 4.92. The zero-order chi connectivity index (χ0) is 21.8. The number of ether oxygens (including phenoxy) is 3. The highest BCUT2D eigenvalue weighted by Gasteiger charge is 2.15. The lowest BCUT2D eigenvalue weighted by atomic mass is 10.1.